The lowest BCUT2D eigenvalue weighted by Crippen LogP contribution is -2.61. The van der Waals surface area contributed by atoms with Gasteiger partial charge < -0.3 is 160 Å². The van der Waals surface area contributed by atoms with Gasteiger partial charge in [-0.25, -0.2) is 14.8 Å². The van der Waals surface area contributed by atoms with Gasteiger partial charge in [-0.05, 0) is 145 Å². The third kappa shape index (κ3) is 48.9. The van der Waals surface area contributed by atoms with Crippen molar-refractivity contribution in [2.45, 2.75) is 290 Å². The molecule has 0 aliphatic carbocycles. The number of imidazole rings is 2. The number of hydrogen-bond acceptors (Lipinski definition) is 27. The molecule has 0 aliphatic rings. The average molecular weight is 2060 g/mol. The predicted molar refractivity (Wildman–Crippen MR) is 534 cm³/mol. The topological polar surface area (TPSA) is 871 Å². The fourth-order valence-electron chi connectivity index (χ4n) is 14.6. The van der Waals surface area contributed by atoms with E-state index < -0.39 is 253 Å². The number of aliphatic carboxylic acids is 1. The number of aromatic amines is 2. The van der Waals surface area contributed by atoms with Crippen LogP contribution in [0.15, 0.2) is 49.3 Å². The van der Waals surface area contributed by atoms with E-state index in [0.29, 0.717) is 17.0 Å². The first-order valence-electron chi connectivity index (χ1n) is 48.5. The second-order valence-electron chi connectivity index (χ2n) is 38.0. The van der Waals surface area contributed by atoms with Crippen molar-refractivity contribution in [2.75, 3.05) is 45.9 Å². The number of nitrogens with one attached hydrogen (secondary N) is 26. The highest BCUT2D eigenvalue weighted by atomic mass is 16.4. The highest BCUT2D eigenvalue weighted by Crippen LogP contribution is 2.18. The Kier molecular flexibility index (Phi) is 55.5. The number of carbonyl (C=O) groups is 19. The van der Waals surface area contributed by atoms with Crippen LogP contribution in [-0.2, 0) is 110 Å². The molecule has 37 N–H and O–H groups in total. The third-order valence-corrected chi connectivity index (χ3v) is 22.2. The molecule has 18 amide bonds. The molecule has 16 atom stereocenters. The molecule has 814 valence electrons. The van der Waals surface area contributed by atoms with Gasteiger partial charge in [-0.3, -0.25) is 103 Å². The third-order valence-electron chi connectivity index (χ3n) is 22.2. The van der Waals surface area contributed by atoms with E-state index in [2.05, 4.69) is 132 Å². The van der Waals surface area contributed by atoms with E-state index in [1.54, 1.807) is 83.1 Å². The van der Waals surface area contributed by atoms with Crippen molar-refractivity contribution in [3.8, 4) is 5.75 Å². The van der Waals surface area contributed by atoms with Gasteiger partial charge in [0.1, 0.15) is 102 Å². The molecule has 3 aromatic rings. The second-order valence-corrected chi connectivity index (χ2v) is 38.0. The summed E-state index contributed by atoms with van der Waals surface area (Å²) in [5.74, 6) is -21.1. The number of benzene rings is 1. The number of carboxylic acid groups (broad SMARTS) is 1. The maximum Gasteiger partial charge on any atom is 0.326 e. The zero-order chi connectivity index (χ0) is 110. The standard InChI is InChI=1S/C92H154N32O22/c1-45(2)29-61(81(137)119-66(34-54-22-24-57(126)25-23-54)80(136)111-53(15)76(132)116-62(30-46(3)4)83(139)120-67(35-55-38-100-43-107-55)85(141)122-68(89(145)146)36-56-39-101-44-108-56)113-72(129)41-106-77(133)58(19-16-26-102-90(94)95)114-75(131)52(14)109-74(130)51(13)110-78(134)60(21-18-28-104-92(98)99)115-82(138)64(32-48(7)8)121-88(144)73(50(11)12)124-86(142)65(33-49(9)10)117-84(140)63(31-47(5)6)118-87(143)69(42-125)123-79(135)59(20-17-27-103-91(96)97)112-71(128)40-105-70(127)37-93/h22-25,38-39,43-53,58-69,73,125-126H,16-21,26-37,40-42,93H2,1-15H3,(H,100,107)(H,101,108)(H,105,127)(H,106,133)(H,109,130)(H,110,134)(H,111,136)(H,112,128)(H,113,129)(H,114,131)(H,115,138)(H,116,132)(H,117,140)(H,118,143)(H,119,137)(H,120,139)(H,121,144)(H,122,141)(H,123,135)(H,124,142)(H,145,146)(H4,94,95,102)(H4,96,97,103)(H4,98,99,104)/t51-,52-,53-,58-,59-,60-,61-,62-,63-,64-,65-,66-,67-,68-,69-,73-/m0/s1. The first-order chi connectivity index (χ1) is 68.6. The Morgan fingerprint density at radius 2 is 0.616 bits per heavy atom. The number of carboxylic acids is 1. The summed E-state index contributed by atoms with van der Waals surface area (Å²) in [5, 5.41) is 107. The molecule has 0 fully saturated rings. The van der Waals surface area contributed by atoms with Gasteiger partial charge in [0.15, 0.2) is 17.9 Å². The van der Waals surface area contributed by atoms with Gasteiger partial charge in [0.2, 0.25) is 106 Å². The molecule has 0 unspecified atom stereocenters. The molecular formula is C92H154N32O22. The smallest absolute Gasteiger partial charge is 0.326 e. The van der Waals surface area contributed by atoms with Gasteiger partial charge >= 0.3 is 5.97 Å². The summed E-state index contributed by atoms with van der Waals surface area (Å²) in [7, 11) is 0. The molecule has 0 saturated heterocycles. The summed E-state index contributed by atoms with van der Waals surface area (Å²) >= 11 is 0. The normalized spacial score (nSPS) is 14.5. The van der Waals surface area contributed by atoms with Crippen molar-refractivity contribution in [3.63, 3.8) is 0 Å². The molecule has 0 saturated carbocycles. The molecule has 0 radical (unpaired) electrons. The maximum absolute atomic E-state index is 14.6. The molecule has 2 aromatic heterocycles. The summed E-state index contributed by atoms with van der Waals surface area (Å²) in [6, 6.07) is -17.6. The van der Waals surface area contributed by atoms with Gasteiger partial charge in [0.25, 0.3) is 0 Å². The maximum atomic E-state index is 14.6. The van der Waals surface area contributed by atoms with Crippen molar-refractivity contribution in [2.24, 2.45) is 58.4 Å². The summed E-state index contributed by atoms with van der Waals surface area (Å²) in [6.45, 7) is 21.7. The molecule has 0 aliphatic heterocycles. The van der Waals surface area contributed by atoms with E-state index in [0.717, 1.165) is 0 Å². The van der Waals surface area contributed by atoms with Crippen LogP contribution in [0.5, 0.6) is 5.75 Å². The van der Waals surface area contributed by atoms with Crippen LogP contribution in [0.1, 0.15) is 191 Å². The Hall–Kier alpha value is -14.9. The van der Waals surface area contributed by atoms with Crippen LogP contribution in [0, 0.1) is 51.7 Å². The largest absolute Gasteiger partial charge is 0.508 e. The minimum Gasteiger partial charge on any atom is -0.508 e. The Bertz CT molecular complexity index is 4830. The molecule has 54 heteroatoms. The molecule has 146 heavy (non-hydrogen) atoms. The van der Waals surface area contributed by atoms with Gasteiger partial charge in [-0.15, -0.1) is 0 Å². The van der Waals surface area contributed by atoms with Crippen molar-refractivity contribution in [1.82, 2.24) is 132 Å². The van der Waals surface area contributed by atoms with Crippen LogP contribution in [0.4, 0.5) is 0 Å². The quantitative estimate of drug-likeness (QED) is 0.0142. The Morgan fingerprint density at radius 3 is 1.00 bits per heavy atom. The number of phenols is 1. The minimum atomic E-state index is -1.71. The lowest BCUT2D eigenvalue weighted by molar-refractivity contribution is -0.142. The number of nitrogens with zero attached hydrogens (tertiary/aromatic N) is 2. The summed E-state index contributed by atoms with van der Waals surface area (Å²) in [5.41, 5.74) is 22.8. The van der Waals surface area contributed by atoms with Gasteiger partial charge in [0.05, 0.1) is 50.3 Å². The molecule has 1 aromatic carbocycles. The first kappa shape index (κ1) is 125. The van der Waals surface area contributed by atoms with E-state index in [4.69, 9.17) is 39.2 Å². The lowest BCUT2D eigenvalue weighted by atomic mass is 9.97. The lowest BCUT2D eigenvalue weighted by Gasteiger charge is -2.30. The number of rotatable bonds is 67. The highest BCUT2D eigenvalue weighted by molar-refractivity contribution is 6.02. The molecular weight excluding hydrogens is 1910 g/mol. The fraction of sp³-hybridized carbons (Fsp3) is 0.630. The highest BCUT2D eigenvalue weighted by Gasteiger charge is 2.40. The number of hydrogen-bond donors (Lipinski definition) is 33. The number of aliphatic hydroxyl groups excluding tert-OH is 1. The van der Waals surface area contributed by atoms with Crippen LogP contribution >= 0.6 is 0 Å². The van der Waals surface area contributed by atoms with Crippen LogP contribution in [-0.4, -0.2) is 308 Å². The Balaban J connectivity index is 1.83. The number of aliphatic hydroxyl groups is 1. The molecule has 54 nitrogen and oxygen atoms in total. The van der Waals surface area contributed by atoms with Crippen molar-refractivity contribution < 1.29 is 106 Å². The van der Waals surface area contributed by atoms with E-state index in [9.17, 15) is 106 Å². The number of carbonyl (C=O) groups excluding carboxylic acids is 18. The van der Waals surface area contributed by atoms with E-state index in [-0.39, 0.29) is 151 Å². The monoisotopic (exact) mass is 2060 g/mol. The fourth-order valence-corrected chi connectivity index (χ4v) is 14.6. The van der Waals surface area contributed by atoms with Crippen LogP contribution in [0.2, 0.25) is 0 Å². The summed E-state index contributed by atoms with van der Waals surface area (Å²) < 4.78 is 0. The summed E-state index contributed by atoms with van der Waals surface area (Å²) in [6.07, 6.45) is 4.59. The average Bonchev–Trinajstić information content (AvgIpc) is 1.15. The Labute approximate surface area is 847 Å². The Morgan fingerprint density at radius 1 is 0.329 bits per heavy atom. The van der Waals surface area contributed by atoms with Gasteiger partial charge in [-0.1, -0.05) is 95.2 Å². The summed E-state index contributed by atoms with van der Waals surface area (Å²) in [4.78, 5) is 278. The van der Waals surface area contributed by atoms with Crippen molar-refractivity contribution in [3.05, 3.63) is 66.3 Å². The zero-order valence-electron chi connectivity index (χ0n) is 85.5. The van der Waals surface area contributed by atoms with E-state index in [1.165, 1.54) is 70.1 Å². The predicted octanol–water partition coefficient (Wildman–Crippen LogP) is -7.37. The number of guanidine groups is 3. The number of nitrogens with two attached hydrogens (primary N) is 4. The molecule has 3 rings (SSSR count). The number of phenolic OH excluding ortho intramolecular Hbond substituents is 1. The second kappa shape index (κ2) is 64.7. The molecule has 0 spiro atoms. The number of aromatic nitrogens is 4. The van der Waals surface area contributed by atoms with E-state index >= 15 is 0 Å². The SMILES string of the molecule is CC(C)C[C@H](NC(=O)CNC(=O)[C@H](CCCNC(=N)N)NC(=O)[C@H](C)NC(=O)[C@H](C)NC(=O)[C@H](CCCNC(=N)N)NC(=O)[C@H](CC(C)C)NC(=O)[C@@H](NC(=O)[C@H](CC(C)C)NC(=O)[C@H](CC(C)C)NC(=O)[C@H](CO)NC(=O)[C@H](CCCNC(=N)N)NC(=O)CNC(=O)CN)C(C)C)C(=O)N[C@@H](Cc1ccc(O)cc1)C(=O)N[C@@H](C)C(=O)N[C@@H](CC(C)C)C(=O)N[C@@H](Cc1c[nH]cn1)C(=O)N[C@@H](Cc1c[nH]cn1)C(=O)O. The van der Waals surface area contributed by atoms with E-state index in [1.807, 2.05) is 0 Å². The minimum absolute atomic E-state index is 0.000795. The van der Waals surface area contributed by atoms with Crippen LogP contribution in [0.25, 0.3) is 0 Å². The first-order valence-corrected chi connectivity index (χ1v) is 48.5. The van der Waals surface area contributed by atoms with Gasteiger partial charge in [-0.2, -0.15) is 0 Å². The molecule has 0 bridgehead atoms. The number of H-pyrrole nitrogens is 2. The zero-order valence-corrected chi connectivity index (χ0v) is 85.5. The van der Waals surface area contributed by atoms with Crippen molar-refractivity contribution >= 4 is 130 Å². The van der Waals surface area contributed by atoms with Crippen LogP contribution in [0.3, 0.4) is 0 Å². The van der Waals surface area contributed by atoms with Crippen LogP contribution < -0.4 is 135 Å². The number of amides is 18. The molecule has 2 heterocycles. The van der Waals surface area contributed by atoms with Gasteiger partial charge in [0, 0.05) is 51.3 Å². The van der Waals surface area contributed by atoms with Crippen molar-refractivity contribution in [1.29, 1.82) is 16.2 Å². The number of aromatic hydroxyl groups is 1.